The molecular formula is C22H17FN2O5. The quantitative estimate of drug-likeness (QED) is 0.352. The van der Waals surface area contributed by atoms with Gasteiger partial charge in [-0.3, -0.25) is 4.79 Å². The standard InChI is InChI=1S/C22H17FN2O5/c1-13-2-7-17-15(11-21(27)29-18(17)10-13)12-28-20(26)9-8-19-24-22(25-30-19)14-3-5-16(23)6-4-14/h2-7,10-11H,8-9,12H2,1H3. The van der Waals surface area contributed by atoms with Crippen molar-refractivity contribution in [2.45, 2.75) is 26.4 Å². The fourth-order valence-electron chi connectivity index (χ4n) is 2.97. The number of hydrogen-bond acceptors (Lipinski definition) is 7. The lowest BCUT2D eigenvalue weighted by atomic mass is 10.1. The Morgan fingerprint density at radius 2 is 1.93 bits per heavy atom. The van der Waals surface area contributed by atoms with Gasteiger partial charge in [-0.25, -0.2) is 9.18 Å². The second-order valence-electron chi connectivity index (χ2n) is 6.77. The van der Waals surface area contributed by atoms with E-state index in [0.29, 0.717) is 27.9 Å². The van der Waals surface area contributed by atoms with Crippen molar-refractivity contribution in [3.8, 4) is 11.4 Å². The Kier molecular flexibility index (Phi) is 5.38. The monoisotopic (exact) mass is 408 g/mol. The van der Waals surface area contributed by atoms with Crippen molar-refractivity contribution in [2.75, 3.05) is 0 Å². The predicted octanol–water partition coefficient (Wildman–Crippen LogP) is 3.97. The lowest BCUT2D eigenvalue weighted by Gasteiger charge is -2.07. The molecule has 30 heavy (non-hydrogen) atoms. The first kappa shape index (κ1) is 19.5. The Balaban J connectivity index is 1.36. The molecule has 0 N–H and O–H groups in total. The van der Waals surface area contributed by atoms with E-state index in [0.717, 1.165) is 5.56 Å². The zero-order valence-corrected chi connectivity index (χ0v) is 16.1. The fourth-order valence-corrected chi connectivity index (χ4v) is 2.97. The molecule has 0 aliphatic rings. The average molecular weight is 408 g/mol. The molecule has 0 amide bonds. The molecule has 7 nitrogen and oxygen atoms in total. The smallest absolute Gasteiger partial charge is 0.336 e. The highest BCUT2D eigenvalue weighted by molar-refractivity contribution is 5.81. The van der Waals surface area contributed by atoms with Crippen LogP contribution in [-0.4, -0.2) is 16.1 Å². The summed E-state index contributed by atoms with van der Waals surface area (Å²) in [6.07, 6.45) is 0.230. The third kappa shape index (κ3) is 4.43. The van der Waals surface area contributed by atoms with Gasteiger partial charge < -0.3 is 13.7 Å². The van der Waals surface area contributed by atoms with Gasteiger partial charge in [0, 0.05) is 29.0 Å². The summed E-state index contributed by atoms with van der Waals surface area (Å²) in [5.74, 6) is -0.238. The van der Waals surface area contributed by atoms with Crippen LogP contribution in [0.3, 0.4) is 0 Å². The van der Waals surface area contributed by atoms with E-state index in [1.54, 1.807) is 18.2 Å². The first-order chi connectivity index (χ1) is 14.5. The minimum atomic E-state index is -0.502. The van der Waals surface area contributed by atoms with E-state index < -0.39 is 11.6 Å². The number of aryl methyl sites for hydroxylation is 2. The van der Waals surface area contributed by atoms with Crippen molar-refractivity contribution in [1.29, 1.82) is 0 Å². The number of fused-ring (bicyclic) bond motifs is 1. The van der Waals surface area contributed by atoms with Crippen molar-refractivity contribution < 1.29 is 22.9 Å². The van der Waals surface area contributed by atoms with Crippen LogP contribution in [0.25, 0.3) is 22.4 Å². The summed E-state index contributed by atoms with van der Waals surface area (Å²) in [6.45, 7) is 1.85. The summed E-state index contributed by atoms with van der Waals surface area (Å²) in [5.41, 5.74) is 2.09. The van der Waals surface area contributed by atoms with Gasteiger partial charge in [0.25, 0.3) is 0 Å². The number of carbonyl (C=O) groups is 1. The Hall–Kier alpha value is -3.81. The van der Waals surface area contributed by atoms with Gasteiger partial charge in [0.1, 0.15) is 18.0 Å². The maximum atomic E-state index is 13.0. The normalized spacial score (nSPS) is 11.0. The first-order valence-electron chi connectivity index (χ1n) is 9.25. The fraction of sp³-hybridized carbons (Fsp3) is 0.182. The van der Waals surface area contributed by atoms with E-state index in [9.17, 15) is 14.0 Å². The van der Waals surface area contributed by atoms with Gasteiger partial charge in [0.2, 0.25) is 11.7 Å². The molecule has 0 fully saturated rings. The lowest BCUT2D eigenvalue weighted by molar-refractivity contribution is -0.145. The minimum Gasteiger partial charge on any atom is -0.461 e. The topological polar surface area (TPSA) is 95.4 Å². The molecule has 2 aromatic heterocycles. The number of rotatable bonds is 6. The van der Waals surface area contributed by atoms with Gasteiger partial charge >= 0.3 is 11.6 Å². The molecule has 0 unspecified atom stereocenters. The van der Waals surface area contributed by atoms with Crippen LogP contribution in [0, 0.1) is 12.7 Å². The van der Waals surface area contributed by atoms with Crippen LogP contribution in [0.15, 0.2) is 62.3 Å². The van der Waals surface area contributed by atoms with Crippen LogP contribution in [-0.2, 0) is 22.6 Å². The number of carbonyl (C=O) groups excluding carboxylic acids is 1. The molecular weight excluding hydrogens is 391 g/mol. The van der Waals surface area contributed by atoms with Gasteiger partial charge in [0.15, 0.2) is 0 Å². The average Bonchev–Trinajstić information content (AvgIpc) is 3.19. The molecule has 0 bridgehead atoms. The van der Waals surface area contributed by atoms with Crippen molar-refractivity contribution in [1.82, 2.24) is 10.1 Å². The number of aromatic nitrogens is 2. The molecule has 0 saturated heterocycles. The van der Waals surface area contributed by atoms with E-state index in [4.69, 9.17) is 13.7 Å². The first-order valence-corrected chi connectivity index (χ1v) is 9.25. The summed E-state index contributed by atoms with van der Waals surface area (Å²) in [7, 11) is 0. The Morgan fingerprint density at radius 3 is 2.73 bits per heavy atom. The molecule has 0 atom stereocenters. The van der Waals surface area contributed by atoms with Gasteiger partial charge in [0.05, 0.1) is 6.42 Å². The van der Waals surface area contributed by atoms with Crippen molar-refractivity contribution >= 4 is 16.9 Å². The Labute approximate surface area is 170 Å². The van der Waals surface area contributed by atoms with Crippen LogP contribution in [0.1, 0.15) is 23.4 Å². The van der Waals surface area contributed by atoms with Crippen molar-refractivity contribution in [3.63, 3.8) is 0 Å². The maximum absolute atomic E-state index is 13.0. The third-order valence-corrected chi connectivity index (χ3v) is 4.49. The molecule has 152 valence electrons. The summed E-state index contributed by atoms with van der Waals surface area (Å²) in [6, 6.07) is 12.5. The van der Waals surface area contributed by atoms with Gasteiger partial charge in [-0.2, -0.15) is 4.98 Å². The predicted molar refractivity (Wildman–Crippen MR) is 105 cm³/mol. The van der Waals surface area contributed by atoms with E-state index >= 15 is 0 Å². The zero-order valence-electron chi connectivity index (χ0n) is 16.1. The van der Waals surface area contributed by atoms with Gasteiger partial charge in [-0.05, 0) is 42.8 Å². The molecule has 2 aromatic carbocycles. The molecule has 4 rings (SSSR count). The summed E-state index contributed by atoms with van der Waals surface area (Å²) < 4.78 is 28.6. The SMILES string of the molecule is Cc1ccc2c(COC(=O)CCc3nc(-c4ccc(F)cc4)no3)cc(=O)oc2c1. The van der Waals surface area contributed by atoms with Crippen LogP contribution < -0.4 is 5.63 Å². The number of ether oxygens (including phenoxy) is 1. The van der Waals surface area contributed by atoms with Crippen molar-refractivity contribution in [2.24, 2.45) is 0 Å². The summed E-state index contributed by atoms with van der Waals surface area (Å²) in [4.78, 5) is 28.1. The number of hydrogen-bond donors (Lipinski definition) is 0. The molecule has 0 radical (unpaired) electrons. The van der Waals surface area contributed by atoms with E-state index in [-0.39, 0.29) is 31.2 Å². The minimum absolute atomic E-state index is 0.0313. The highest BCUT2D eigenvalue weighted by Crippen LogP contribution is 2.20. The number of halogens is 1. The van der Waals surface area contributed by atoms with Crippen LogP contribution >= 0.6 is 0 Å². The highest BCUT2D eigenvalue weighted by Gasteiger charge is 2.13. The second-order valence-corrected chi connectivity index (χ2v) is 6.77. The summed E-state index contributed by atoms with van der Waals surface area (Å²) >= 11 is 0. The molecule has 0 spiro atoms. The molecule has 2 heterocycles. The lowest BCUT2D eigenvalue weighted by Crippen LogP contribution is -2.08. The molecule has 4 aromatic rings. The second kappa shape index (κ2) is 8.28. The highest BCUT2D eigenvalue weighted by atomic mass is 19.1. The van der Waals surface area contributed by atoms with E-state index in [1.165, 1.54) is 18.2 Å². The van der Waals surface area contributed by atoms with Crippen LogP contribution in [0.5, 0.6) is 0 Å². The van der Waals surface area contributed by atoms with Gasteiger partial charge in [-0.1, -0.05) is 17.3 Å². The Morgan fingerprint density at radius 1 is 1.13 bits per heavy atom. The molecule has 8 heteroatoms. The molecule has 0 saturated carbocycles. The van der Waals surface area contributed by atoms with Crippen LogP contribution in [0.4, 0.5) is 4.39 Å². The van der Waals surface area contributed by atoms with Crippen molar-refractivity contribution in [3.05, 3.63) is 81.8 Å². The Bertz CT molecular complexity index is 1260. The number of esters is 1. The molecule has 0 aliphatic heterocycles. The zero-order chi connectivity index (χ0) is 21.1. The number of nitrogens with zero attached hydrogens (tertiary/aromatic N) is 2. The largest absolute Gasteiger partial charge is 0.461 e. The number of benzene rings is 2. The molecule has 0 aliphatic carbocycles. The van der Waals surface area contributed by atoms with Crippen LogP contribution in [0.2, 0.25) is 0 Å². The third-order valence-electron chi connectivity index (χ3n) is 4.49. The van der Waals surface area contributed by atoms with Gasteiger partial charge in [-0.15, -0.1) is 0 Å². The van der Waals surface area contributed by atoms with E-state index in [1.807, 2.05) is 19.1 Å². The summed E-state index contributed by atoms with van der Waals surface area (Å²) in [5, 5.41) is 4.55. The van der Waals surface area contributed by atoms with E-state index in [2.05, 4.69) is 10.1 Å². The maximum Gasteiger partial charge on any atom is 0.336 e.